The van der Waals surface area contributed by atoms with E-state index in [1.54, 1.807) is 19.5 Å². The summed E-state index contributed by atoms with van der Waals surface area (Å²) in [5.41, 5.74) is 2.07. The minimum Gasteiger partial charge on any atom is -0.383 e. The number of alkyl halides is 1. The number of hydrogen-bond donors (Lipinski definition) is 2. The van der Waals surface area contributed by atoms with Crippen molar-refractivity contribution >= 4 is 6.34 Å². The summed E-state index contributed by atoms with van der Waals surface area (Å²) in [4.78, 5) is 3.85. The van der Waals surface area contributed by atoms with Gasteiger partial charge in [-0.1, -0.05) is 31.6 Å². The molecule has 0 amide bonds. The average Bonchev–Trinajstić information content (AvgIpc) is 2.47. The van der Waals surface area contributed by atoms with Crippen molar-refractivity contribution in [2.45, 2.75) is 26.7 Å². The summed E-state index contributed by atoms with van der Waals surface area (Å²) in [6.07, 6.45) is 8.25. The van der Waals surface area contributed by atoms with Crippen molar-refractivity contribution in [2.24, 2.45) is 4.99 Å². The molecule has 0 aliphatic rings. The van der Waals surface area contributed by atoms with Crippen LogP contribution in [-0.4, -0.2) is 33.2 Å². The molecule has 20 heavy (non-hydrogen) atoms. The zero-order valence-corrected chi connectivity index (χ0v) is 12.5. The maximum absolute atomic E-state index is 12.7. The summed E-state index contributed by atoms with van der Waals surface area (Å²) in [7, 11) is 1.70. The van der Waals surface area contributed by atoms with Crippen LogP contribution in [0.2, 0.25) is 0 Å². The van der Waals surface area contributed by atoms with Gasteiger partial charge in [0.2, 0.25) is 0 Å². The Balaban J connectivity index is 4.46. The van der Waals surface area contributed by atoms with Gasteiger partial charge in [0.1, 0.15) is 12.5 Å². The highest BCUT2D eigenvalue weighted by Crippen LogP contribution is 2.04. The van der Waals surface area contributed by atoms with Crippen molar-refractivity contribution < 1.29 is 8.78 Å². The highest BCUT2D eigenvalue weighted by atomic mass is 19.2. The Labute approximate surface area is 120 Å². The van der Waals surface area contributed by atoms with Crippen LogP contribution in [0, 0.1) is 0 Å². The quantitative estimate of drug-likeness (QED) is 0.367. The van der Waals surface area contributed by atoms with E-state index in [2.05, 4.69) is 28.6 Å². The van der Waals surface area contributed by atoms with E-state index in [4.69, 9.17) is 0 Å². The molecule has 0 atom stereocenters. The van der Waals surface area contributed by atoms with Crippen molar-refractivity contribution in [3.63, 3.8) is 0 Å². The SMILES string of the molecule is CC/C=C(\CNC=NC)NC/C(=C/C=C(/F)CF)CC. The van der Waals surface area contributed by atoms with Gasteiger partial charge < -0.3 is 10.6 Å². The lowest BCUT2D eigenvalue weighted by atomic mass is 10.1. The molecule has 0 aliphatic heterocycles. The lowest BCUT2D eigenvalue weighted by Gasteiger charge is -2.12. The molecule has 0 spiro atoms. The zero-order chi connectivity index (χ0) is 15.2. The van der Waals surface area contributed by atoms with Crippen LogP contribution >= 0.6 is 0 Å². The summed E-state index contributed by atoms with van der Waals surface area (Å²) in [6.45, 7) is 4.27. The molecule has 0 heterocycles. The van der Waals surface area contributed by atoms with Crippen LogP contribution in [0.4, 0.5) is 8.78 Å². The third-order valence-electron chi connectivity index (χ3n) is 2.59. The lowest BCUT2D eigenvalue weighted by Crippen LogP contribution is -2.26. The molecule has 0 rings (SSSR count). The molecule has 2 N–H and O–H groups in total. The zero-order valence-electron chi connectivity index (χ0n) is 12.5. The average molecular weight is 285 g/mol. The molecule has 0 aromatic heterocycles. The van der Waals surface area contributed by atoms with Gasteiger partial charge >= 0.3 is 0 Å². The summed E-state index contributed by atoms with van der Waals surface area (Å²) < 4.78 is 24.7. The largest absolute Gasteiger partial charge is 0.383 e. The third kappa shape index (κ3) is 9.30. The van der Waals surface area contributed by atoms with Crippen molar-refractivity contribution in [3.05, 3.63) is 35.3 Å². The normalized spacial score (nSPS) is 13.9. The molecular formula is C15H25F2N3. The number of nitrogens with one attached hydrogen (secondary N) is 2. The van der Waals surface area contributed by atoms with Crippen LogP contribution in [-0.2, 0) is 0 Å². The Hall–Kier alpha value is -1.65. The van der Waals surface area contributed by atoms with Gasteiger partial charge in [-0.25, -0.2) is 8.78 Å². The van der Waals surface area contributed by atoms with Gasteiger partial charge in [-0.2, -0.15) is 0 Å². The molecule has 0 aromatic rings. The first kappa shape index (κ1) is 18.4. The summed E-state index contributed by atoms with van der Waals surface area (Å²) in [5, 5.41) is 6.35. The molecule has 0 saturated carbocycles. The minimum atomic E-state index is -1.05. The first-order valence-corrected chi connectivity index (χ1v) is 6.84. The fraction of sp³-hybridized carbons (Fsp3) is 0.533. The smallest absolute Gasteiger partial charge is 0.141 e. The van der Waals surface area contributed by atoms with Crippen LogP contribution < -0.4 is 10.6 Å². The second-order valence-electron chi connectivity index (χ2n) is 4.18. The molecule has 0 unspecified atom stereocenters. The third-order valence-corrected chi connectivity index (χ3v) is 2.59. The topological polar surface area (TPSA) is 36.4 Å². The maximum Gasteiger partial charge on any atom is 0.141 e. The molecule has 114 valence electrons. The van der Waals surface area contributed by atoms with E-state index in [1.807, 2.05) is 6.92 Å². The number of halogens is 2. The van der Waals surface area contributed by atoms with Crippen LogP contribution in [0.5, 0.6) is 0 Å². The molecule has 0 aromatic carbocycles. The number of aliphatic imine (C=N–C) groups is 1. The van der Waals surface area contributed by atoms with E-state index in [-0.39, 0.29) is 0 Å². The van der Waals surface area contributed by atoms with Crippen molar-refractivity contribution in [1.82, 2.24) is 10.6 Å². The van der Waals surface area contributed by atoms with Gasteiger partial charge in [-0.05, 0) is 18.9 Å². The molecular weight excluding hydrogens is 260 g/mol. The van der Waals surface area contributed by atoms with Gasteiger partial charge in [0.15, 0.2) is 0 Å². The predicted octanol–water partition coefficient (Wildman–Crippen LogP) is 3.28. The Morgan fingerprint density at radius 2 is 1.95 bits per heavy atom. The van der Waals surface area contributed by atoms with Crippen LogP contribution in [0.3, 0.4) is 0 Å². The van der Waals surface area contributed by atoms with Crippen LogP contribution in [0.25, 0.3) is 0 Å². The molecule has 0 fully saturated rings. The summed E-state index contributed by atoms with van der Waals surface area (Å²) in [5.74, 6) is -0.749. The van der Waals surface area contributed by atoms with E-state index < -0.39 is 12.5 Å². The minimum absolute atomic E-state index is 0.614. The second-order valence-corrected chi connectivity index (χ2v) is 4.18. The predicted molar refractivity (Wildman–Crippen MR) is 82.3 cm³/mol. The Morgan fingerprint density at radius 1 is 1.20 bits per heavy atom. The Morgan fingerprint density at radius 3 is 2.50 bits per heavy atom. The van der Waals surface area contributed by atoms with Gasteiger partial charge in [-0.15, -0.1) is 0 Å². The molecule has 3 nitrogen and oxygen atoms in total. The maximum atomic E-state index is 12.7. The van der Waals surface area contributed by atoms with Crippen molar-refractivity contribution in [3.8, 4) is 0 Å². The highest BCUT2D eigenvalue weighted by molar-refractivity contribution is 5.54. The van der Waals surface area contributed by atoms with Crippen LogP contribution in [0.1, 0.15) is 26.7 Å². The van der Waals surface area contributed by atoms with Crippen molar-refractivity contribution in [2.75, 3.05) is 26.8 Å². The van der Waals surface area contributed by atoms with E-state index in [1.165, 1.54) is 6.08 Å². The summed E-state index contributed by atoms with van der Waals surface area (Å²) >= 11 is 0. The standard InChI is InChI=1S/C15H25F2N3/c1-4-6-15(11-19-12-18-3)20-10-13(5-2)7-8-14(17)9-16/h6-8,12,20H,4-5,9-11H2,1-3H3,(H,18,19)/b13-7+,14-8+,15-6+. The number of rotatable bonds is 10. The Kier molecular flexibility index (Phi) is 11.4. The van der Waals surface area contributed by atoms with Gasteiger partial charge in [0.25, 0.3) is 0 Å². The molecule has 0 bridgehead atoms. The molecule has 0 radical (unpaired) electrons. The Bertz CT molecular complexity index is 371. The van der Waals surface area contributed by atoms with Crippen LogP contribution in [0.15, 0.2) is 40.3 Å². The van der Waals surface area contributed by atoms with E-state index >= 15 is 0 Å². The first-order valence-electron chi connectivity index (χ1n) is 6.84. The fourth-order valence-electron chi connectivity index (χ4n) is 1.48. The molecule has 0 aliphatic carbocycles. The van der Waals surface area contributed by atoms with Crippen molar-refractivity contribution in [1.29, 1.82) is 0 Å². The monoisotopic (exact) mass is 285 g/mol. The van der Waals surface area contributed by atoms with Gasteiger partial charge in [0.05, 0.1) is 12.9 Å². The lowest BCUT2D eigenvalue weighted by molar-refractivity contribution is 0.459. The second kappa shape index (κ2) is 12.4. The molecule has 5 heteroatoms. The fourth-order valence-corrected chi connectivity index (χ4v) is 1.48. The summed E-state index contributed by atoms with van der Waals surface area (Å²) in [6, 6.07) is 0. The molecule has 0 saturated heterocycles. The number of hydrogen-bond acceptors (Lipinski definition) is 2. The van der Waals surface area contributed by atoms with Gasteiger partial charge in [-0.3, -0.25) is 4.99 Å². The van der Waals surface area contributed by atoms with Gasteiger partial charge in [0, 0.05) is 19.3 Å². The van der Waals surface area contributed by atoms with E-state index in [9.17, 15) is 8.78 Å². The number of nitrogens with zero attached hydrogens (tertiary/aromatic N) is 1. The first-order chi connectivity index (χ1) is 9.67. The van der Waals surface area contributed by atoms with E-state index in [0.717, 1.165) is 24.1 Å². The highest BCUT2D eigenvalue weighted by Gasteiger charge is 1.98. The number of allylic oxidation sites excluding steroid dienone is 4. The van der Waals surface area contributed by atoms with E-state index in [0.29, 0.717) is 13.1 Å².